The summed E-state index contributed by atoms with van der Waals surface area (Å²) in [4.78, 5) is 12.0. The van der Waals surface area contributed by atoms with E-state index in [-0.39, 0.29) is 16.9 Å². The first-order chi connectivity index (χ1) is 10.0. The number of benzene rings is 1. The second-order valence-electron chi connectivity index (χ2n) is 4.53. The van der Waals surface area contributed by atoms with Gasteiger partial charge in [-0.3, -0.25) is 4.79 Å². The van der Waals surface area contributed by atoms with Gasteiger partial charge in [-0.2, -0.15) is 5.10 Å². The molecule has 1 aromatic heterocycles. The number of rotatable bonds is 5. The predicted molar refractivity (Wildman–Crippen MR) is 80.0 cm³/mol. The lowest BCUT2D eigenvalue weighted by Gasteiger charge is -2.04. The first-order valence-electron chi connectivity index (χ1n) is 6.39. The Morgan fingerprint density at radius 3 is 2.76 bits per heavy atom. The van der Waals surface area contributed by atoms with E-state index in [2.05, 4.69) is 17.0 Å². The van der Waals surface area contributed by atoms with Crippen LogP contribution in [0.25, 0.3) is 0 Å². The van der Waals surface area contributed by atoms with Gasteiger partial charge in [-0.15, -0.1) is 6.58 Å². The number of carbonyl (C=O) groups excluding carboxylic acids is 1. The third-order valence-electron chi connectivity index (χ3n) is 2.95. The second kappa shape index (κ2) is 6.54. The van der Waals surface area contributed by atoms with Crippen LogP contribution in [-0.2, 0) is 6.54 Å². The number of hydrogen-bond acceptors (Lipinski definition) is 2. The molecule has 0 saturated carbocycles. The van der Waals surface area contributed by atoms with Gasteiger partial charge < -0.3 is 5.32 Å². The first kappa shape index (κ1) is 15.3. The van der Waals surface area contributed by atoms with Gasteiger partial charge in [0.1, 0.15) is 11.0 Å². The summed E-state index contributed by atoms with van der Waals surface area (Å²) in [5, 5.41) is 7.19. The third kappa shape index (κ3) is 3.49. The maximum absolute atomic E-state index is 12.9. The van der Waals surface area contributed by atoms with E-state index in [1.54, 1.807) is 25.1 Å². The maximum Gasteiger partial charge on any atom is 0.256 e. The average molecular weight is 308 g/mol. The van der Waals surface area contributed by atoms with Gasteiger partial charge in [-0.25, -0.2) is 9.07 Å². The molecule has 0 aliphatic rings. The van der Waals surface area contributed by atoms with Crippen molar-refractivity contribution in [2.75, 3.05) is 6.54 Å². The molecule has 0 atom stereocenters. The van der Waals surface area contributed by atoms with Crippen LogP contribution in [-0.4, -0.2) is 22.2 Å². The fraction of sp³-hybridized carbons (Fsp3) is 0.200. The molecule has 1 aromatic carbocycles. The van der Waals surface area contributed by atoms with Crippen molar-refractivity contribution in [3.8, 4) is 0 Å². The molecule has 2 rings (SSSR count). The molecule has 2 aromatic rings. The molecule has 1 amide bonds. The molecule has 1 heterocycles. The molecule has 6 heteroatoms. The van der Waals surface area contributed by atoms with Crippen LogP contribution in [0.15, 0.2) is 36.9 Å². The van der Waals surface area contributed by atoms with Crippen LogP contribution in [0.3, 0.4) is 0 Å². The van der Waals surface area contributed by atoms with E-state index in [1.807, 2.05) is 0 Å². The Labute approximate surface area is 127 Å². The van der Waals surface area contributed by atoms with Crippen molar-refractivity contribution in [3.05, 3.63) is 64.7 Å². The Balaban J connectivity index is 2.24. The molecule has 0 spiro atoms. The van der Waals surface area contributed by atoms with Gasteiger partial charge in [0.2, 0.25) is 0 Å². The highest BCUT2D eigenvalue weighted by Crippen LogP contribution is 2.21. The van der Waals surface area contributed by atoms with Crippen LogP contribution in [0.1, 0.15) is 21.6 Å². The lowest BCUT2D eigenvalue weighted by atomic mass is 10.2. The van der Waals surface area contributed by atoms with Crippen molar-refractivity contribution >= 4 is 17.5 Å². The zero-order chi connectivity index (χ0) is 15.4. The first-order valence-corrected chi connectivity index (χ1v) is 6.77. The fourth-order valence-electron chi connectivity index (χ4n) is 1.93. The number of amides is 1. The lowest BCUT2D eigenvalue weighted by molar-refractivity contribution is 0.0957. The van der Waals surface area contributed by atoms with Gasteiger partial charge in [0.05, 0.1) is 17.8 Å². The number of nitrogens with zero attached hydrogens (tertiary/aromatic N) is 2. The predicted octanol–water partition coefficient (Wildman–Crippen LogP) is 2.95. The summed E-state index contributed by atoms with van der Waals surface area (Å²) in [5.74, 6) is -0.589. The molecule has 0 aliphatic carbocycles. The van der Waals surface area contributed by atoms with Gasteiger partial charge in [0.15, 0.2) is 0 Å². The number of halogens is 2. The minimum Gasteiger partial charge on any atom is -0.348 e. The van der Waals surface area contributed by atoms with Crippen molar-refractivity contribution in [2.24, 2.45) is 0 Å². The average Bonchev–Trinajstić information content (AvgIpc) is 2.73. The summed E-state index contributed by atoms with van der Waals surface area (Å²) in [6, 6.07) is 6.05. The molecular formula is C15H15ClFN3O. The Morgan fingerprint density at radius 1 is 1.48 bits per heavy atom. The molecule has 1 N–H and O–H groups in total. The van der Waals surface area contributed by atoms with E-state index in [1.165, 1.54) is 16.8 Å². The van der Waals surface area contributed by atoms with Crippen LogP contribution in [0.5, 0.6) is 0 Å². The number of hydrogen-bond donors (Lipinski definition) is 1. The van der Waals surface area contributed by atoms with E-state index >= 15 is 0 Å². The summed E-state index contributed by atoms with van der Waals surface area (Å²) in [5.41, 5.74) is 1.74. The zero-order valence-corrected chi connectivity index (χ0v) is 12.3. The normalized spacial score (nSPS) is 10.4. The highest BCUT2D eigenvalue weighted by Gasteiger charge is 2.19. The molecular weight excluding hydrogens is 293 g/mol. The molecule has 0 unspecified atom stereocenters. The molecule has 4 nitrogen and oxygen atoms in total. The monoisotopic (exact) mass is 307 g/mol. The fourth-order valence-corrected chi connectivity index (χ4v) is 2.25. The van der Waals surface area contributed by atoms with Crippen LogP contribution in [0.4, 0.5) is 4.39 Å². The van der Waals surface area contributed by atoms with Crippen LogP contribution < -0.4 is 5.32 Å². The SMILES string of the molecule is C=CCNC(=O)c1c(C)nn(Cc2ccc(F)cc2)c1Cl. The molecule has 110 valence electrons. The van der Waals surface area contributed by atoms with Crippen molar-refractivity contribution < 1.29 is 9.18 Å². The van der Waals surface area contributed by atoms with Gasteiger partial charge in [-0.1, -0.05) is 29.8 Å². The number of nitrogens with one attached hydrogen (secondary N) is 1. The van der Waals surface area contributed by atoms with Crippen molar-refractivity contribution in [1.82, 2.24) is 15.1 Å². The number of carbonyl (C=O) groups is 1. The molecule has 0 bridgehead atoms. The quantitative estimate of drug-likeness (QED) is 0.863. The molecule has 0 aliphatic heterocycles. The van der Waals surface area contributed by atoms with Crippen LogP contribution >= 0.6 is 11.6 Å². The van der Waals surface area contributed by atoms with Crippen molar-refractivity contribution in [3.63, 3.8) is 0 Å². The van der Waals surface area contributed by atoms with E-state index in [4.69, 9.17) is 11.6 Å². The highest BCUT2D eigenvalue weighted by atomic mass is 35.5. The number of aryl methyl sites for hydroxylation is 1. The Hall–Kier alpha value is -2.14. The Morgan fingerprint density at radius 2 is 2.14 bits per heavy atom. The summed E-state index contributed by atoms with van der Waals surface area (Å²) in [7, 11) is 0. The lowest BCUT2D eigenvalue weighted by Crippen LogP contribution is -2.23. The van der Waals surface area contributed by atoms with Crippen LogP contribution in [0.2, 0.25) is 5.15 Å². The minimum atomic E-state index is -0.300. The van der Waals surface area contributed by atoms with Crippen molar-refractivity contribution in [2.45, 2.75) is 13.5 Å². The number of aromatic nitrogens is 2. The summed E-state index contributed by atoms with van der Waals surface area (Å²) in [6.07, 6.45) is 1.59. The smallest absolute Gasteiger partial charge is 0.256 e. The van der Waals surface area contributed by atoms with Gasteiger partial charge >= 0.3 is 0 Å². The van der Waals surface area contributed by atoms with E-state index in [0.29, 0.717) is 24.3 Å². The molecule has 21 heavy (non-hydrogen) atoms. The van der Waals surface area contributed by atoms with Crippen LogP contribution in [0, 0.1) is 12.7 Å². The summed E-state index contributed by atoms with van der Waals surface area (Å²) < 4.78 is 14.4. The van der Waals surface area contributed by atoms with E-state index < -0.39 is 0 Å². The highest BCUT2D eigenvalue weighted by molar-refractivity contribution is 6.33. The summed E-state index contributed by atoms with van der Waals surface area (Å²) in [6.45, 7) is 5.99. The van der Waals surface area contributed by atoms with Crippen molar-refractivity contribution in [1.29, 1.82) is 0 Å². The Bertz CT molecular complexity index is 664. The molecule has 0 saturated heterocycles. The van der Waals surface area contributed by atoms with E-state index in [9.17, 15) is 9.18 Å². The zero-order valence-electron chi connectivity index (χ0n) is 11.6. The Kier molecular flexibility index (Phi) is 4.75. The van der Waals surface area contributed by atoms with Gasteiger partial charge in [0, 0.05) is 6.54 Å². The maximum atomic E-state index is 12.9. The molecule has 0 fully saturated rings. The van der Waals surface area contributed by atoms with Gasteiger partial charge in [0.25, 0.3) is 5.91 Å². The van der Waals surface area contributed by atoms with E-state index in [0.717, 1.165) is 5.56 Å². The summed E-state index contributed by atoms with van der Waals surface area (Å²) >= 11 is 6.22. The largest absolute Gasteiger partial charge is 0.348 e. The molecule has 0 radical (unpaired) electrons. The minimum absolute atomic E-state index is 0.262. The third-order valence-corrected chi connectivity index (χ3v) is 3.33. The standard InChI is InChI=1S/C15H15ClFN3O/c1-3-8-18-15(21)13-10(2)19-20(14(13)16)9-11-4-6-12(17)7-5-11/h3-7H,1,8-9H2,2H3,(H,18,21). The topological polar surface area (TPSA) is 46.9 Å². The van der Waals surface area contributed by atoms with Gasteiger partial charge in [-0.05, 0) is 24.6 Å². The second-order valence-corrected chi connectivity index (χ2v) is 4.89.